The molecular formula is C17H25ClN2. The minimum absolute atomic E-state index is 0.331. The van der Waals surface area contributed by atoms with E-state index in [1.807, 2.05) is 6.07 Å². The maximum absolute atomic E-state index is 6.52. The van der Waals surface area contributed by atoms with E-state index in [2.05, 4.69) is 36.2 Å². The molecule has 2 fully saturated rings. The van der Waals surface area contributed by atoms with Crippen molar-refractivity contribution >= 4 is 17.3 Å². The molecule has 20 heavy (non-hydrogen) atoms. The predicted molar refractivity (Wildman–Crippen MR) is 86.8 cm³/mol. The van der Waals surface area contributed by atoms with Gasteiger partial charge in [0.25, 0.3) is 0 Å². The molecule has 1 saturated heterocycles. The first-order chi connectivity index (χ1) is 9.65. The van der Waals surface area contributed by atoms with Crippen LogP contribution in [0.1, 0.15) is 44.6 Å². The molecule has 1 aromatic rings. The van der Waals surface area contributed by atoms with Gasteiger partial charge < -0.3 is 10.2 Å². The Bertz CT molecular complexity index is 460. The summed E-state index contributed by atoms with van der Waals surface area (Å²) in [6.07, 6.45) is 6.50. The van der Waals surface area contributed by atoms with E-state index in [4.69, 9.17) is 11.6 Å². The fourth-order valence-electron chi connectivity index (χ4n) is 3.96. The van der Waals surface area contributed by atoms with Crippen LogP contribution in [0.5, 0.6) is 0 Å². The second-order valence-electron chi connectivity index (χ2n) is 6.46. The van der Waals surface area contributed by atoms with Crippen LogP contribution in [0, 0.1) is 6.92 Å². The van der Waals surface area contributed by atoms with Crippen LogP contribution in [-0.2, 0) is 0 Å². The third-order valence-electron chi connectivity index (χ3n) is 5.13. The number of para-hydroxylation sites is 1. The number of nitrogens with zero attached hydrogens (tertiary/aromatic N) is 1. The van der Waals surface area contributed by atoms with Gasteiger partial charge in [0.05, 0.1) is 10.7 Å². The zero-order valence-electron chi connectivity index (χ0n) is 12.6. The summed E-state index contributed by atoms with van der Waals surface area (Å²) in [6, 6.07) is 6.81. The van der Waals surface area contributed by atoms with Crippen molar-refractivity contribution in [1.82, 2.24) is 5.32 Å². The molecule has 0 radical (unpaired) electrons. The summed E-state index contributed by atoms with van der Waals surface area (Å²) in [7, 11) is 0. The molecule has 1 unspecified atom stereocenters. The van der Waals surface area contributed by atoms with Gasteiger partial charge >= 0.3 is 0 Å². The van der Waals surface area contributed by atoms with E-state index >= 15 is 0 Å². The number of hydrogen-bond acceptors (Lipinski definition) is 2. The molecule has 2 aliphatic rings. The average molecular weight is 293 g/mol. The maximum Gasteiger partial charge on any atom is 0.0642 e. The number of hydrogen-bond donors (Lipinski definition) is 1. The van der Waals surface area contributed by atoms with Crippen molar-refractivity contribution in [2.75, 3.05) is 18.0 Å². The normalized spacial score (nSPS) is 25.4. The molecule has 1 saturated carbocycles. The molecule has 1 spiro atoms. The van der Waals surface area contributed by atoms with E-state index in [9.17, 15) is 0 Å². The summed E-state index contributed by atoms with van der Waals surface area (Å²) in [6.45, 7) is 6.65. The quantitative estimate of drug-likeness (QED) is 0.881. The van der Waals surface area contributed by atoms with Crippen LogP contribution in [-0.4, -0.2) is 24.7 Å². The number of anilines is 1. The van der Waals surface area contributed by atoms with Crippen molar-refractivity contribution in [3.8, 4) is 0 Å². The molecule has 0 aromatic heterocycles. The van der Waals surface area contributed by atoms with Crippen molar-refractivity contribution in [2.45, 2.75) is 57.5 Å². The number of nitrogens with one attached hydrogen (secondary N) is 1. The third-order valence-corrected chi connectivity index (χ3v) is 5.44. The van der Waals surface area contributed by atoms with E-state index in [1.165, 1.54) is 36.9 Å². The summed E-state index contributed by atoms with van der Waals surface area (Å²) < 4.78 is 0. The van der Waals surface area contributed by atoms with Gasteiger partial charge in [0.2, 0.25) is 0 Å². The summed E-state index contributed by atoms with van der Waals surface area (Å²) >= 11 is 6.52. The molecule has 3 rings (SSSR count). The second-order valence-corrected chi connectivity index (χ2v) is 6.87. The van der Waals surface area contributed by atoms with Crippen LogP contribution in [0.3, 0.4) is 0 Å². The zero-order valence-corrected chi connectivity index (χ0v) is 13.3. The largest absolute Gasteiger partial charge is 0.364 e. The molecule has 1 aromatic carbocycles. The average Bonchev–Trinajstić information content (AvgIpc) is 2.87. The standard InChI is InChI=1S/C17H25ClN2/c1-3-14-11-19-17(9-4-5-10-17)12-20(14)16-13(2)7-6-8-15(16)18/h6-8,14,19H,3-5,9-12H2,1-2H3. The van der Waals surface area contributed by atoms with Crippen LogP contribution in [0.25, 0.3) is 0 Å². The lowest BCUT2D eigenvalue weighted by Gasteiger charge is -2.48. The molecule has 3 heteroatoms. The van der Waals surface area contributed by atoms with Crippen molar-refractivity contribution in [3.63, 3.8) is 0 Å². The van der Waals surface area contributed by atoms with E-state index in [-0.39, 0.29) is 0 Å². The van der Waals surface area contributed by atoms with Gasteiger partial charge in [0, 0.05) is 24.7 Å². The highest BCUT2D eigenvalue weighted by Crippen LogP contribution is 2.39. The molecule has 1 aliphatic carbocycles. The Morgan fingerprint density at radius 2 is 2.10 bits per heavy atom. The van der Waals surface area contributed by atoms with Crippen LogP contribution in [0.2, 0.25) is 5.02 Å². The molecule has 110 valence electrons. The Morgan fingerprint density at radius 1 is 1.35 bits per heavy atom. The van der Waals surface area contributed by atoms with E-state index < -0.39 is 0 Å². The van der Waals surface area contributed by atoms with Gasteiger partial charge in [-0.1, -0.05) is 43.5 Å². The first-order valence-electron chi connectivity index (χ1n) is 7.92. The number of rotatable bonds is 2. The fourth-order valence-corrected chi connectivity index (χ4v) is 4.29. The van der Waals surface area contributed by atoms with Crippen molar-refractivity contribution < 1.29 is 0 Å². The van der Waals surface area contributed by atoms with Crippen LogP contribution < -0.4 is 10.2 Å². The summed E-state index contributed by atoms with van der Waals surface area (Å²) in [4.78, 5) is 2.58. The van der Waals surface area contributed by atoms with Gasteiger partial charge in [-0.15, -0.1) is 0 Å². The summed E-state index contributed by atoms with van der Waals surface area (Å²) in [5, 5.41) is 4.75. The molecule has 1 aliphatic heterocycles. The molecule has 1 atom stereocenters. The first kappa shape index (κ1) is 14.2. The fraction of sp³-hybridized carbons (Fsp3) is 0.647. The topological polar surface area (TPSA) is 15.3 Å². The first-order valence-corrected chi connectivity index (χ1v) is 8.30. The number of aryl methyl sites for hydroxylation is 1. The minimum Gasteiger partial charge on any atom is -0.364 e. The summed E-state index contributed by atoms with van der Waals surface area (Å²) in [5.74, 6) is 0. The second kappa shape index (κ2) is 5.57. The Kier molecular flexibility index (Phi) is 3.96. The highest BCUT2D eigenvalue weighted by Gasteiger charge is 2.41. The Morgan fingerprint density at radius 3 is 2.75 bits per heavy atom. The zero-order chi connectivity index (χ0) is 14.2. The van der Waals surface area contributed by atoms with E-state index in [1.54, 1.807) is 0 Å². The third kappa shape index (κ3) is 2.44. The lowest BCUT2D eigenvalue weighted by Crippen LogP contribution is -2.63. The predicted octanol–water partition coefficient (Wildman–Crippen LogP) is 4.15. The van der Waals surface area contributed by atoms with E-state index in [0.29, 0.717) is 11.6 Å². The van der Waals surface area contributed by atoms with Crippen molar-refractivity contribution in [1.29, 1.82) is 0 Å². The smallest absolute Gasteiger partial charge is 0.0642 e. The Balaban J connectivity index is 1.95. The SMILES string of the molecule is CCC1CNC2(CCCC2)CN1c1c(C)cccc1Cl. The molecule has 0 amide bonds. The van der Waals surface area contributed by atoms with Gasteiger partial charge in [-0.2, -0.15) is 0 Å². The Labute approximate surface area is 127 Å². The monoisotopic (exact) mass is 292 g/mol. The van der Waals surface area contributed by atoms with Crippen LogP contribution in [0.15, 0.2) is 18.2 Å². The lowest BCUT2D eigenvalue weighted by molar-refractivity contribution is 0.267. The number of benzene rings is 1. The van der Waals surface area contributed by atoms with E-state index in [0.717, 1.165) is 24.5 Å². The molecular weight excluding hydrogens is 268 g/mol. The molecule has 1 heterocycles. The van der Waals surface area contributed by atoms with Gasteiger partial charge in [0.15, 0.2) is 0 Å². The van der Waals surface area contributed by atoms with Gasteiger partial charge in [-0.05, 0) is 37.8 Å². The number of halogens is 1. The van der Waals surface area contributed by atoms with Crippen LogP contribution >= 0.6 is 11.6 Å². The minimum atomic E-state index is 0.331. The summed E-state index contributed by atoms with van der Waals surface area (Å²) in [5.41, 5.74) is 2.89. The maximum atomic E-state index is 6.52. The Hall–Kier alpha value is -0.730. The molecule has 0 bridgehead atoms. The van der Waals surface area contributed by atoms with Crippen LogP contribution in [0.4, 0.5) is 5.69 Å². The molecule has 1 N–H and O–H groups in total. The highest BCUT2D eigenvalue weighted by atomic mass is 35.5. The molecule has 2 nitrogen and oxygen atoms in total. The highest BCUT2D eigenvalue weighted by molar-refractivity contribution is 6.33. The lowest BCUT2D eigenvalue weighted by atomic mass is 9.91. The van der Waals surface area contributed by atoms with Gasteiger partial charge in [-0.3, -0.25) is 0 Å². The van der Waals surface area contributed by atoms with Gasteiger partial charge in [0.1, 0.15) is 0 Å². The van der Waals surface area contributed by atoms with Crippen molar-refractivity contribution in [2.24, 2.45) is 0 Å². The van der Waals surface area contributed by atoms with Gasteiger partial charge in [-0.25, -0.2) is 0 Å². The number of piperazine rings is 1. The van der Waals surface area contributed by atoms with Crippen molar-refractivity contribution in [3.05, 3.63) is 28.8 Å².